The molecule has 1 aliphatic heterocycles. The number of hydrogen-bond donors (Lipinski definition) is 1. The second kappa shape index (κ2) is 9.73. The molecule has 176 valence electrons. The maximum atomic E-state index is 12.9. The van der Waals surface area contributed by atoms with E-state index < -0.39 is 21.7 Å². The van der Waals surface area contributed by atoms with Crippen LogP contribution < -0.4 is 15.2 Å². The van der Waals surface area contributed by atoms with Gasteiger partial charge in [-0.2, -0.15) is 0 Å². The Hall–Kier alpha value is -4.58. The van der Waals surface area contributed by atoms with Crippen LogP contribution in [0.25, 0.3) is 6.08 Å². The van der Waals surface area contributed by atoms with E-state index >= 15 is 0 Å². The number of nitro groups is 2. The summed E-state index contributed by atoms with van der Waals surface area (Å²) in [5.41, 5.74) is 2.83. The van der Waals surface area contributed by atoms with Gasteiger partial charge in [-0.05, 0) is 42.0 Å². The Bertz CT molecular complexity index is 1370. The zero-order chi connectivity index (χ0) is 25.1. The highest BCUT2D eigenvalue weighted by Gasteiger charge is 2.35. The summed E-state index contributed by atoms with van der Waals surface area (Å²) in [6.07, 6.45) is 1.23. The van der Waals surface area contributed by atoms with Crippen LogP contribution in [0.15, 0.2) is 76.8 Å². The fourth-order valence-electron chi connectivity index (χ4n) is 3.34. The Balaban J connectivity index is 1.70. The van der Waals surface area contributed by atoms with E-state index in [1.807, 2.05) is 0 Å². The molecule has 35 heavy (non-hydrogen) atoms. The van der Waals surface area contributed by atoms with Crippen LogP contribution in [0.4, 0.5) is 17.1 Å². The van der Waals surface area contributed by atoms with Gasteiger partial charge in [-0.25, -0.2) is 5.01 Å². The highest BCUT2D eigenvalue weighted by molar-refractivity contribution is 9.10. The number of non-ortho nitro benzene ring substituents is 1. The van der Waals surface area contributed by atoms with Crippen LogP contribution in [-0.2, 0) is 16.2 Å². The van der Waals surface area contributed by atoms with Crippen LogP contribution in [-0.4, -0.2) is 21.7 Å². The summed E-state index contributed by atoms with van der Waals surface area (Å²) in [6, 6.07) is 16.7. The average Bonchev–Trinajstić information content (AvgIpc) is 3.12. The van der Waals surface area contributed by atoms with Gasteiger partial charge in [0, 0.05) is 28.2 Å². The van der Waals surface area contributed by atoms with Gasteiger partial charge in [-0.15, -0.1) is 0 Å². The van der Waals surface area contributed by atoms with E-state index in [1.54, 1.807) is 30.3 Å². The highest BCUT2D eigenvalue weighted by Crippen LogP contribution is 2.37. The number of para-hydroxylation sites is 1. The quantitative estimate of drug-likeness (QED) is 0.204. The number of ether oxygens (including phenoxy) is 1. The molecule has 11 nitrogen and oxygen atoms in total. The number of carbonyl (C=O) groups is 2. The number of hydrazine groups is 1. The van der Waals surface area contributed by atoms with Gasteiger partial charge in [0.2, 0.25) is 5.75 Å². The molecule has 0 aromatic heterocycles. The molecule has 0 spiro atoms. The number of rotatable bonds is 7. The number of hydrogen-bond acceptors (Lipinski definition) is 7. The Morgan fingerprint density at radius 3 is 2.29 bits per heavy atom. The van der Waals surface area contributed by atoms with Gasteiger partial charge in [0.15, 0.2) is 0 Å². The number of nitro benzene ring substituents is 2. The first-order valence-corrected chi connectivity index (χ1v) is 10.8. The molecular formula is C23H15BrN4O7. The molecule has 3 aromatic rings. The SMILES string of the molecule is O=C1NN(c2ccccc2)C(=O)/C1=C\c1cc(Br)cc([N+](=O)[O-])c1OCc1ccc([N+](=O)[O-])cc1. The fourth-order valence-corrected chi connectivity index (χ4v) is 3.80. The molecule has 4 rings (SSSR count). The van der Waals surface area contributed by atoms with E-state index in [4.69, 9.17) is 4.74 Å². The van der Waals surface area contributed by atoms with Crippen LogP contribution >= 0.6 is 15.9 Å². The summed E-state index contributed by atoms with van der Waals surface area (Å²) in [5.74, 6) is -1.48. The largest absolute Gasteiger partial charge is 0.482 e. The Morgan fingerprint density at radius 1 is 0.971 bits per heavy atom. The van der Waals surface area contributed by atoms with Gasteiger partial charge in [0.25, 0.3) is 17.5 Å². The smallest absolute Gasteiger partial charge is 0.312 e. The van der Waals surface area contributed by atoms with Crippen molar-refractivity contribution in [2.24, 2.45) is 0 Å². The lowest BCUT2D eigenvalue weighted by atomic mass is 10.1. The second-order valence-electron chi connectivity index (χ2n) is 7.29. The predicted molar refractivity (Wildman–Crippen MR) is 128 cm³/mol. The van der Waals surface area contributed by atoms with Gasteiger partial charge < -0.3 is 4.74 Å². The summed E-state index contributed by atoms with van der Waals surface area (Å²) in [6.45, 7) is -0.146. The van der Waals surface area contributed by atoms with Gasteiger partial charge in [-0.1, -0.05) is 34.1 Å². The molecule has 12 heteroatoms. The number of amides is 2. The second-order valence-corrected chi connectivity index (χ2v) is 8.20. The van der Waals surface area contributed by atoms with Crippen molar-refractivity contribution >= 4 is 50.9 Å². The predicted octanol–water partition coefficient (Wildman–Crippen LogP) is 4.31. The van der Waals surface area contributed by atoms with Crippen molar-refractivity contribution in [3.8, 4) is 5.75 Å². The van der Waals surface area contributed by atoms with E-state index in [9.17, 15) is 29.8 Å². The van der Waals surface area contributed by atoms with E-state index in [-0.39, 0.29) is 34.9 Å². The van der Waals surface area contributed by atoms with Crippen LogP contribution in [0.5, 0.6) is 5.75 Å². The maximum absolute atomic E-state index is 12.9. The van der Waals surface area contributed by atoms with E-state index in [1.165, 1.54) is 42.5 Å². The molecule has 1 fully saturated rings. The fraction of sp³-hybridized carbons (Fsp3) is 0.0435. The van der Waals surface area contributed by atoms with Crippen molar-refractivity contribution < 1.29 is 24.2 Å². The van der Waals surface area contributed by atoms with Crippen molar-refractivity contribution in [3.63, 3.8) is 0 Å². The number of nitrogens with zero attached hydrogens (tertiary/aromatic N) is 3. The Kier molecular flexibility index (Phi) is 6.55. The minimum atomic E-state index is -0.678. The van der Waals surface area contributed by atoms with Crippen molar-refractivity contribution in [3.05, 3.63) is 108 Å². The van der Waals surface area contributed by atoms with Crippen LogP contribution in [0.1, 0.15) is 11.1 Å². The lowest BCUT2D eigenvalue weighted by Gasteiger charge is -2.14. The lowest BCUT2D eigenvalue weighted by molar-refractivity contribution is -0.386. The molecule has 0 radical (unpaired) electrons. The van der Waals surface area contributed by atoms with Crippen molar-refractivity contribution in [1.82, 2.24) is 5.43 Å². The third-order valence-electron chi connectivity index (χ3n) is 5.00. The first kappa shape index (κ1) is 23.6. The van der Waals surface area contributed by atoms with Crippen LogP contribution in [0.3, 0.4) is 0 Å². The minimum absolute atomic E-state index is 0.109. The molecule has 0 aliphatic carbocycles. The number of anilines is 1. The van der Waals surface area contributed by atoms with Crippen LogP contribution in [0, 0.1) is 20.2 Å². The summed E-state index contributed by atoms with van der Waals surface area (Å²) < 4.78 is 6.07. The number of carbonyl (C=O) groups excluding carboxylic acids is 2. The van der Waals surface area contributed by atoms with E-state index in [0.717, 1.165) is 5.01 Å². The summed E-state index contributed by atoms with van der Waals surface area (Å²) in [4.78, 5) is 46.9. The van der Waals surface area contributed by atoms with Gasteiger partial charge in [0.05, 0.1) is 15.5 Å². The zero-order valence-corrected chi connectivity index (χ0v) is 19.3. The monoisotopic (exact) mass is 538 g/mol. The molecule has 2 amide bonds. The Labute approximate surface area is 206 Å². The molecule has 1 aliphatic rings. The standard InChI is InChI=1S/C23H15BrN4O7/c24-16-10-15(11-19-22(29)25-26(23(19)30)17-4-2-1-3-5-17)21(20(12-16)28(33)34)35-13-14-6-8-18(9-7-14)27(31)32/h1-12H,13H2,(H,25,29)/b19-11-. The summed E-state index contributed by atoms with van der Waals surface area (Å²) >= 11 is 3.21. The molecule has 1 heterocycles. The van der Waals surface area contributed by atoms with Crippen molar-refractivity contribution in [2.45, 2.75) is 6.61 Å². The first-order chi connectivity index (χ1) is 16.7. The molecule has 3 aromatic carbocycles. The minimum Gasteiger partial charge on any atom is -0.482 e. The van der Waals surface area contributed by atoms with E-state index in [0.29, 0.717) is 15.7 Å². The average molecular weight is 539 g/mol. The third kappa shape index (κ3) is 5.01. The summed E-state index contributed by atoms with van der Waals surface area (Å²) in [5, 5.41) is 23.6. The highest BCUT2D eigenvalue weighted by atomic mass is 79.9. The normalized spacial score (nSPS) is 14.2. The molecule has 1 N–H and O–H groups in total. The van der Waals surface area contributed by atoms with Crippen LogP contribution in [0.2, 0.25) is 0 Å². The molecule has 1 saturated heterocycles. The lowest BCUT2D eigenvalue weighted by Crippen LogP contribution is -2.35. The Morgan fingerprint density at radius 2 is 1.66 bits per heavy atom. The molecule has 0 atom stereocenters. The van der Waals surface area contributed by atoms with Gasteiger partial charge >= 0.3 is 5.69 Å². The topological polar surface area (TPSA) is 145 Å². The molecular weight excluding hydrogens is 524 g/mol. The maximum Gasteiger partial charge on any atom is 0.312 e. The number of nitrogens with one attached hydrogen (secondary N) is 1. The van der Waals surface area contributed by atoms with Crippen molar-refractivity contribution in [1.29, 1.82) is 0 Å². The van der Waals surface area contributed by atoms with E-state index in [2.05, 4.69) is 21.4 Å². The molecule has 0 unspecified atom stereocenters. The van der Waals surface area contributed by atoms with Crippen molar-refractivity contribution in [2.75, 3.05) is 5.01 Å². The zero-order valence-electron chi connectivity index (χ0n) is 17.7. The molecule has 0 saturated carbocycles. The number of halogens is 1. The number of benzene rings is 3. The van der Waals surface area contributed by atoms with Gasteiger partial charge in [0.1, 0.15) is 12.2 Å². The first-order valence-electron chi connectivity index (χ1n) is 10.0. The molecule has 0 bridgehead atoms. The van der Waals surface area contributed by atoms with Gasteiger partial charge in [-0.3, -0.25) is 35.2 Å². The third-order valence-corrected chi connectivity index (χ3v) is 5.45. The summed E-state index contributed by atoms with van der Waals surface area (Å²) in [7, 11) is 0.